The normalized spacial score (nSPS) is 16.4. The third-order valence-electron chi connectivity index (χ3n) is 2.80. The lowest BCUT2D eigenvalue weighted by molar-refractivity contribution is 0.897. The molecule has 2 aromatic heterocycles. The summed E-state index contributed by atoms with van der Waals surface area (Å²) in [5.74, 6) is 1.67. The topological polar surface area (TPSA) is 56.2 Å². The second-order valence-electron chi connectivity index (χ2n) is 3.94. The smallest absolute Gasteiger partial charge is 0.184 e. The van der Waals surface area contributed by atoms with Crippen molar-refractivity contribution in [2.24, 2.45) is 0 Å². The SMILES string of the molecule is Cc1ccn2c(C3CC3)nnc2c1N. The molecule has 0 aliphatic heterocycles. The van der Waals surface area contributed by atoms with E-state index in [1.54, 1.807) is 0 Å². The molecule has 2 N–H and O–H groups in total. The number of aryl methyl sites for hydroxylation is 1. The zero-order valence-corrected chi connectivity index (χ0v) is 8.07. The van der Waals surface area contributed by atoms with Gasteiger partial charge in [-0.15, -0.1) is 10.2 Å². The zero-order valence-electron chi connectivity index (χ0n) is 8.07. The summed E-state index contributed by atoms with van der Waals surface area (Å²) in [4.78, 5) is 0. The molecular weight excluding hydrogens is 176 g/mol. The minimum Gasteiger partial charge on any atom is -0.395 e. The van der Waals surface area contributed by atoms with Crippen molar-refractivity contribution < 1.29 is 0 Å². The third-order valence-corrected chi connectivity index (χ3v) is 2.80. The van der Waals surface area contributed by atoms with Gasteiger partial charge in [-0.05, 0) is 31.4 Å². The molecule has 1 aliphatic carbocycles. The fourth-order valence-corrected chi connectivity index (χ4v) is 1.71. The summed E-state index contributed by atoms with van der Waals surface area (Å²) in [5.41, 5.74) is 8.53. The fraction of sp³-hybridized carbons (Fsp3) is 0.400. The lowest BCUT2D eigenvalue weighted by Gasteiger charge is -2.02. The molecule has 4 nitrogen and oxygen atoms in total. The van der Waals surface area contributed by atoms with Gasteiger partial charge in [0.15, 0.2) is 5.65 Å². The number of fused-ring (bicyclic) bond motifs is 1. The summed E-state index contributed by atoms with van der Waals surface area (Å²) in [7, 11) is 0. The van der Waals surface area contributed by atoms with E-state index in [2.05, 4.69) is 10.2 Å². The van der Waals surface area contributed by atoms with Crippen LogP contribution in [-0.2, 0) is 0 Å². The monoisotopic (exact) mass is 188 g/mol. The molecule has 0 aromatic carbocycles. The van der Waals surface area contributed by atoms with E-state index in [4.69, 9.17) is 5.73 Å². The van der Waals surface area contributed by atoms with Gasteiger partial charge in [-0.3, -0.25) is 4.40 Å². The maximum absolute atomic E-state index is 5.93. The summed E-state index contributed by atoms with van der Waals surface area (Å²) in [6.45, 7) is 1.99. The maximum atomic E-state index is 5.93. The van der Waals surface area contributed by atoms with Crippen molar-refractivity contribution in [1.29, 1.82) is 0 Å². The molecule has 2 heterocycles. The van der Waals surface area contributed by atoms with Gasteiger partial charge >= 0.3 is 0 Å². The lowest BCUT2D eigenvalue weighted by atomic mass is 10.2. The highest BCUT2D eigenvalue weighted by molar-refractivity contribution is 5.68. The Morgan fingerprint density at radius 3 is 2.93 bits per heavy atom. The quantitative estimate of drug-likeness (QED) is 0.737. The average Bonchev–Trinajstić information content (AvgIpc) is 2.93. The minimum atomic E-state index is 0.604. The highest BCUT2D eigenvalue weighted by Gasteiger charge is 2.28. The van der Waals surface area contributed by atoms with Gasteiger partial charge in [0.1, 0.15) is 5.82 Å². The van der Waals surface area contributed by atoms with E-state index < -0.39 is 0 Å². The number of nitrogens with zero attached hydrogens (tertiary/aromatic N) is 3. The Labute approximate surface area is 81.8 Å². The number of rotatable bonds is 1. The molecule has 72 valence electrons. The van der Waals surface area contributed by atoms with E-state index in [-0.39, 0.29) is 0 Å². The van der Waals surface area contributed by atoms with Crippen LogP contribution in [0.2, 0.25) is 0 Å². The first-order chi connectivity index (χ1) is 6.77. The number of hydrogen-bond acceptors (Lipinski definition) is 3. The van der Waals surface area contributed by atoms with E-state index in [1.165, 1.54) is 12.8 Å². The largest absolute Gasteiger partial charge is 0.395 e. The number of nitrogen functional groups attached to an aromatic ring is 1. The molecule has 1 aliphatic rings. The van der Waals surface area contributed by atoms with Crippen LogP contribution in [0.4, 0.5) is 5.69 Å². The highest BCUT2D eigenvalue weighted by Crippen LogP contribution is 2.39. The molecule has 14 heavy (non-hydrogen) atoms. The molecule has 1 saturated carbocycles. The molecule has 0 unspecified atom stereocenters. The third kappa shape index (κ3) is 0.937. The molecule has 0 saturated heterocycles. The Morgan fingerprint density at radius 1 is 1.43 bits per heavy atom. The van der Waals surface area contributed by atoms with Gasteiger partial charge in [-0.1, -0.05) is 0 Å². The van der Waals surface area contributed by atoms with Crippen LogP contribution < -0.4 is 5.73 Å². The molecule has 0 spiro atoms. The van der Waals surface area contributed by atoms with Gasteiger partial charge in [-0.25, -0.2) is 0 Å². The highest BCUT2D eigenvalue weighted by atomic mass is 15.3. The zero-order chi connectivity index (χ0) is 9.71. The summed E-state index contributed by atoms with van der Waals surface area (Å²) in [6.07, 6.45) is 4.47. The Kier molecular flexibility index (Phi) is 1.37. The first-order valence-corrected chi connectivity index (χ1v) is 4.87. The molecule has 0 bridgehead atoms. The summed E-state index contributed by atoms with van der Waals surface area (Å²) >= 11 is 0. The first-order valence-electron chi connectivity index (χ1n) is 4.87. The number of pyridine rings is 1. The second kappa shape index (κ2) is 2.47. The molecule has 0 amide bonds. The van der Waals surface area contributed by atoms with Crippen molar-refractivity contribution in [2.75, 3.05) is 5.73 Å². The molecule has 0 radical (unpaired) electrons. The van der Waals surface area contributed by atoms with Crippen molar-refractivity contribution in [3.05, 3.63) is 23.7 Å². The average molecular weight is 188 g/mol. The number of nitrogens with two attached hydrogens (primary N) is 1. The Bertz CT molecular complexity index is 496. The van der Waals surface area contributed by atoms with Crippen molar-refractivity contribution in [1.82, 2.24) is 14.6 Å². The predicted octanol–water partition coefficient (Wildman–Crippen LogP) is 1.50. The van der Waals surface area contributed by atoms with Crippen molar-refractivity contribution in [3.63, 3.8) is 0 Å². The molecule has 0 atom stereocenters. The Balaban J connectivity index is 2.31. The lowest BCUT2D eigenvalue weighted by Crippen LogP contribution is -1.97. The van der Waals surface area contributed by atoms with Crippen LogP contribution in [0.5, 0.6) is 0 Å². The van der Waals surface area contributed by atoms with Crippen molar-refractivity contribution in [2.45, 2.75) is 25.7 Å². The predicted molar refractivity (Wildman–Crippen MR) is 54.1 cm³/mol. The molecule has 3 rings (SSSR count). The van der Waals surface area contributed by atoms with Gasteiger partial charge in [-0.2, -0.15) is 0 Å². The molecule has 4 heteroatoms. The van der Waals surface area contributed by atoms with E-state index in [9.17, 15) is 0 Å². The van der Waals surface area contributed by atoms with E-state index in [1.807, 2.05) is 23.6 Å². The summed E-state index contributed by atoms with van der Waals surface area (Å²) in [6, 6.07) is 2.01. The fourth-order valence-electron chi connectivity index (χ4n) is 1.71. The van der Waals surface area contributed by atoms with Gasteiger partial charge in [0.25, 0.3) is 0 Å². The second-order valence-corrected chi connectivity index (χ2v) is 3.94. The van der Waals surface area contributed by atoms with Crippen LogP contribution in [0.15, 0.2) is 12.3 Å². The number of aromatic nitrogens is 3. The maximum Gasteiger partial charge on any atom is 0.184 e. The van der Waals surface area contributed by atoms with Crippen LogP contribution in [-0.4, -0.2) is 14.6 Å². The van der Waals surface area contributed by atoms with Crippen LogP contribution in [0.3, 0.4) is 0 Å². The van der Waals surface area contributed by atoms with Gasteiger partial charge in [0.05, 0.1) is 5.69 Å². The summed E-state index contributed by atoms with van der Waals surface area (Å²) in [5, 5.41) is 8.32. The van der Waals surface area contributed by atoms with Crippen molar-refractivity contribution >= 4 is 11.3 Å². The van der Waals surface area contributed by atoms with E-state index in [0.717, 1.165) is 22.7 Å². The van der Waals surface area contributed by atoms with E-state index in [0.29, 0.717) is 5.92 Å². The number of anilines is 1. The van der Waals surface area contributed by atoms with Crippen LogP contribution >= 0.6 is 0 Å². The Hall–Kier alpha value is -1.58. The molecular formula is C10H12N4. The standard InChI is InChI=1S/C10H12N4/c1-6-4-5-14-9(7-2-3-7)12-13-10(14)8(6)11/h4-5,7H,2-3,11H2,1H3. The first kappa shape index (κ1) is 7.79. The Morgan fingerprint density at radius 2 is 2.21 bits per heavy atom. The van der Waals surface area contributed by atoms with Gasteiger partial charge < -0.3 is 5.73 Å². The molecule has 2 aromatic rings. The van der Waals surface area contributed by atoms with Crippen molar-refractivity contribution in [3.8, 4) is 0 Å². The van der Waals surface area contributed by atoms with Crippen LogP contribution in [0.25, 0.3) is 5.65 Å². The minimum absolute atomic E-state index is 0.604. The van der Waals surface area contributed by atoms with E-state index >= 15 is 0 Å². The van der Waals surface area contributed by atoms with Crippen LogP contribution in [0.1, 0.15) is 30.1 Å². The molecule has 1 fully saturated rings. The number of hydrogen-bond donors (Lipinski definition) is 1. The van der Waals surface area contributed by atoms with Crippen LogP contribution in [0, 0.1) is 6.92 Å². The summed E-state index contributed by atoms with van der Waals surface area (Å²) < 4.78 is 2.01. The van der Waals surface area contributed by atoms with Gasteiger partial charge in [0.2, 0.25) is 0 Å². The van der Waals surface area contributed by atoms with Gasteiger partial charge in [0, 0.05) is 12.1 Å².